The number of nitrogens with one attached hydrogen (secondary N) is 1. The van der Waals surface area contributed by atoms with Crippen molar-refractivity contribution in [2.45, 2.75) is 19.1 Å². The highest BCUT2D eigenvalue weighted by Crippen LogP contribution is 2.29. The molecule has 1 rings (SSSR count). The second kappa shape index (κ2) is 6.05. The monoisotopic (exact) mass is 309 g/mol. The maximum atomic E-state index is 12.4. The number of halogens is 4. The summed E-state index contributed by atoms with van der Waals surface area (Å²) in [4.78, 5) is 11.1. The number of alkyl halides is 4. The molecule has 1 N–H and O–H groups in total. The Morgan fingerprint density at radius 1 is 1.35 bits per heavy atom. The second-order valence-electron chi connectivity index (χ2n) is 3.41. The van der Waals surface area contributed by atoms with Crippen molar-refractivity contribution in [3.05, 3.63) is 35.4 Å². The molecule has 1 aromatic rings. The lowest BCUT2D eigenvalue weighted by Gasteiger charge is -2.09. The van der Waals surface area contributed by atoms with Crippen LogP contribution in [0.3, 0.4) is 0 Å². The number of rotatable bonds is 4. The van der Waals surface area contributed by atoms with Crippen LogP contribution in [0.15, 0.2) is 24.3 Å². The molecule has 0 unspecified atom stereocenters. The molecule has 1 aromatic carbocycles. The van der Waals surface area contributed by atoms with Gasteiger partial charge < -0.3 is 5.32 Å². The van der Waals surface area contributed by atoms with Crippen molar-refractivity contribution < 1.29 is 18.0 Å². The summed E-state index contributed by atoms with van der Waals surface area (Å²) >= 11 is 3.10. The van der Waals surface area contributed by atoms with Gasteiger partial charge in [-0.2, -0.15) is 13.2 Å². The van der Waals surface area contributed by atoms with E-state index < -0.39 is 11.7 Å². The zero-order valence-corrected chi connectivity index (χ0v) is 10.4. The predicted molar refractivity (Wildman–Crippen MR) is 61.7 cm³/mol. The summed E-state index contributed by atoms with van der Waals surface area (Å²) in [6.07, 6.45) is -4.05. The Labute approximate surface area is 105 Å². The molecule has 1 amide bonds. The van der Waals surface area contributed by atoms with Gasteiger partial charge in [-0.15, -0.1) is 0 Å². The molecule has 0 bridgehead atoms. The van der Waals surface area contributed by atoms with Gasteiger partial charge in [-0.3, -0.25) is 4.79 Å². The third kappa shape index (κ3) is 4.77. The van der Waals surface area contributed by atoms with Gasteiger partial charge in [0, 0.05) is 18.3 Å². The van der Waals surface area contributed by atoms with E-state index in [4.69, 9.17) is 0 Å². The Morgan fingerprint density at radius 3 is 2.65 bits per heavy atom. The van der Waals surface area contributed by atoms with Gasteiger partial charge in [-0.25, -0.2) is 0 Å². The van der Waals surface area contributed by atoms with Gasteiger partial charge in [0.1, 0.15) is 0 Å². The predicted octanol–water partition coefficient (Wildman–Crippen LogP) is 3.11. The molecule has 0 aliphatic rings. The largest absolute Gasteiger partial charge is 0.416 e. The molecule has 0 aliphatic heterocycles. The van der Waals surface area contributed by atoms with Crippen LogP contribution >= 0.6 is 15.9 Å². The summed E-state index contributed by atoms with van der Waals surface area (Å²) < 4.78 is 37.2. The Morgan fingerprint density at radius 2 is 2.06 bits per heavy atom. The van der Waals surface area contributed by atoms with Crippen molar-refractivity contribution in [2.75, 3.05) is 5.33 Å². The minimum Gasteiger partial charge on any atom is -0.352 e. The highest BCUT2D eigenvalue weighted by atomic mass is 79.9. The van der Waals surface area contributed by atoms with E-state index in [9.17, 15) is 18.0 Å². The summed E-state index contributed by atoms with van der Waals surface area (Å²) in [7, 11) is 0. The zero-order chi connectivity index (χ0) is 12.9. The maximum absolute atomic E-state index is 12.4. The fourth-order valence-corrected chi connectivity index (χ4v) is 1.59. The van der Waals surface area contributed by atoms with E-state index in [-0.39, 0.29) is 12.5 Å². The normalized spacial score (nSPS) is 11.3. The first kappa shape index (κ1) is 14.0. The Bertz CT molecular complexity index is 393. The first-order valence-corrected chi connectivity index (χ1v) is 6.04. The van der Waals surface area contributed by atoms with Gasteiger partial charge in [0.05, 0.1) is 5.56 Å². The molecule has 0 fully saturated rings. The van der Waals surface area contributed by atoms with Crippen molar-refractivity contribution in [3.8, 4) is 0 Å². The first-order valence-electron chi connectivity index (χ1n) is 4.92. The second-order valence-corrected chi connectivity index (χ2v) is 4.21. The molecule has 0 heterocycles. The molecule has 94 valence electrons. The SMILES string of the molecule is O=C(CCBr)NCc1cccc(C(F)(F)F)c1. The standard InChI is InChI=1S/C11H11BrF3NO/c12-5-4-10(17)16-7-8-2-1-3-9(6-8)11(13,14)15/h1-3,6H,4-5,7H2,(H,16,17). The molecular weight excluding hydrogens is 299 g/mol. The van der Waals surface area contributed by atoms with Crippen LogP contribution in [0.2, 0.25) is 0 Å². The topological polar surface area (TPSA) is 29.1 Å². The van der Waals surface area contributed by atoms with Crippen LogP contribution in [0, 0.1) is 0 Å². The summed E-state index contributed by atoms with van der Waals surface area (Å²) in [6, 6.07) is 4.91. The average Bonchev–Trinajstić information content (AvgIpc) is 2.26. The van der Waals surface area contributed by atoms with Gasteiger partial charge in [0.2, 0.25) is 5.91 Å². The van der Waals surface area contributed by atoms with Crippen LogP contribution < -0.4 is 5.32 Å². The first-order chi connectivity index (χ1) is 7.93. The van der Waals surface area contributed by atoms with Crippen molar-refractivity contribution >= 4 is 21.8 Å². The minimum absolute atomic E-state index is 0.107. The third-order valence-corrected chi connectivity index (χ3v) is 2.46. The Hall–Kier alpha value is -1.04. The zero-order valence-electron chi connectivity index (χ0n) is 8.85. The molecule has 0 aromatic heterocycles. The van der Waals surface area contributed by atoms with Crippen molar-refractivity contribution in [3.63, 3.8) is 0 Å². The summed E-state index contributed by atoms with van der Waals surface area (Å²) in [5, 5.41) is 3.07. The maximum Gasteiger partial charge on any atom is 0.416 e. The fourth-order valence-electron chi connectivity index (χ4n) is 1.23. The number of carbonyl (C=O) groups excluding carboxylic acids is 1. The van der Waals surface area contributed by atoms with Crippen LogP contribution in [0.1, 0.15) is 17.5 Å². The molecule has 0 atom stereocenters. The molecule has 2 nitrogen and oxygen atoms in total. The number of carbonyl (C=O) groups is 1. The Balaban J connectivity index is 2.64. The lowest BCUT2D eigenvalue weighted by atomic mass is 10.1. The van der Waals surface area contributed by atoms with Gasteiger partial charge in [0.15, 0.2) is 0 Å². The van der Waals surface area contributed by atoms with Crippen LogP contribution in [-0.4, -0.2) is 11.2 Å². The molecule has 0 aliphatic carbocycles. The van der Waals surface area contributed by atoms with E-state index in [1.807, 2.05) is 0 Å². The van der Waals surface area contributed by atoms with E-state index >= 15 is 0 Å². The van der Waals surface area contributed by atoms with Crippen LogP contribution in [-0.2, 0) is 17.5 Å². The van der Waals surface area contributed by atoms with Gasteiger partial charge in [-0.05, 0) is 17.7 Å². The summed E-state index contributed by atoms with van der Waals surface area (Å²) in [5.41, 5.74) is -0.271. The summed E-state index contributed by atoms with van der Waals surface area (Å²) in [6.45, 7) is 0.107. The Kier molecular flexibility index (Phi) is 4.99. The quantitative estimate of drug-likeness (QED) is 0.851. The van der Waals surface area contributed by atoms with E-state index in [0.717, 1.165) is 12.1 Å². The molecule has 0 spiro atoms. The van der Waals surface area contributed by atoms with Crippen LogP contribution in [0.5, 0.6) is 0 Å². The number of amides is 1. The van der Waals surface area contributed by atoms with Crippen molar-refractivity contribution in [1.29, 1.82) is 0 Å². The van der Waals surface area contributed by atoms with Gasteiger partial charge in [0.25, 0.3) is 0 Å². The molecule has 17 heavy (non-hydrogen) atoms. The van der Waals surface area contributed by atoms with Crippen LogP contribution in [0.4, 0.5) is 13.2 Å². The fraction of sp³-hybridized carbons (Fsp3) is 0.364. The highest BCUT2D eigenvalue weighted by molar-refractivity contribution is 9.09. The molecule has 0 saturated carbocycles. The van der Waals surface area contributed by atoms with Gasteiger partial charge in [-0.1, -0.05) is 28.1 Å². The molecular formula is C11H11BrF3NO. The minimum atomic E-state index is -4.35. The number of hydrogen-bond donors (Lipinski definition) is 1. The lowest BCUT2D eigenvalue weighted by Crippen LogP contribution is -2.22. The third-order valence-electron chi connectivity index (χ3n) is 2.07. The molecule has 6 heteroatoms. The van der Waals surface area contributed by atoms with Crippen LogP contribution in [0.25, 0.3) is 0 Å². The van der Waals surface area contributed by atoms with Crippen molar-refractivity contribution in [1.82, 2.24) is 5.32 Å². The van der Waals surface area contributed by atoms with E-state index in [1.165, 1.54) is 6.07 Å². The summed E-state index contributed by atoms with van der Waals surface area (Å²) in [5.74, 6) is -0.195. The lowest BCUT2D eigenvalue weighted by molar-refractivity contribution is -0.137. The van der Waals surface area contributed by atoms with Crippen molar-refractivity contribution in [2.24, 2.45) is 0 Å². The van der Waals surface area contributed by atoms with Gasteiger partial charge >= 0.3 is 6.18 Å². The molecule has 0 saturated heterocycles. The number of benzene rings is 1. The average molecular weight is 310 g/mol. The molecule has 0 radical (unpaired) electrons. The smallest absolute Gasteiger partial charge is 0.352 e. The van der Waals surface area contributed by atoms with E-state index in [0.29, 0.717) is 17.3 Å². The highest BCUT2D eigenvalue weighted by Gasteiger charge is 2.30. The van der Waals surface area contributed by atoms with E-state index in [1.54, 1.807) is 6.07 Å². The van der Waals surface area contributed by atoms with E-state index in [2.05, 4.69) is 21.2 Å². The number of hydrogen-bond acceptors (Lipinski definition) is 1.